The Morgan fingerprint density at radius 3 is 2.74 bits per heavy atom. The summed E-state index contributed by atoms with van der Waals surface area (Å²) in [5.74, 6) is 0.145. The third-order valence-electron chi connectivity index (χ3n) is 4.08. The fourth-order valence-corrected chi connectivity index (χ4v) is 3.33. The number of nitrogens with zero attached hydrogens (tertiary/aromatic N) is 2. The third-order valence-corrected chi connectivity index (χ3v) is 4.08. The molecule has 2 rings (SSSR count). The molecule has 0 spiro atoms. The summed E-state index contributed by atoms with van der Waals surface area (Å²) < 4.78 is 5.71. The van der Waals surface area contributed by atoms with E-state index in [2.05, 4.69) is 18.7 Å². The molecule has 1 amide bonds. The third kappa shape index (κ3) is 3.46. The van der Waals surface area contributed by atoms with Crippen LogP contribution in [0.5, 0.6) is 0 Å². The number of hydrogen-bond donors (Lipinski definition) is 1. The van der Waals surface area contributed by atoms with Crippen molar-refractivity contribution in [3.05, 3.63) is 0 Å². The van der Waals surface area contributed by atoms with Gasteiger partial charge in [-0.2, -0.15) is 0 Å². The van der Waals surface area contributed by atoms with Gasteiger partial charge in [0.15, 0.2) is 0 Å². The molecule has 0 aliphatic carbocycles. The molecule has 2 heterocycles. The standard InChI is InChI=1S/C14H27N3O2/c1-14(2)9-16(3)13(18)12(7-15)17(10-14)8-11-5-4-6-19-11/h11-12H,4-10,15H2,1-3H3. The summed E-state index contributed by atoms with van der Waals surface area (Å²) in [5.41, 5.74) is 5.94. The molecule has 0 radical (unpaired) electrons. The second-order valence-corrected chi connectivity index (χ2v) is 6.67. The van der Waals surface area contributed by atoms with E-state index in [1.165, 1.54) is 0 Å². The van der Waals surface area contributed by atoms with Gasteiger partial charge in [-0.25, -0.2) is 0 Å². The van der Waals surface area contributed by atoms with Gasteiger partial charge in [-0.1, -0.05) is 13.8 Å². The van der Waals surface area contributed by atoms with Crippen LogP contribution in [0.15, 0.2) is 0 Å². The molecule has 0 saturated carbocycles. The molecule has 2 fully saturated rings. The van der Waals surface area contributed by atoms with Crippen LogP contribution in [-0.2, 0) is 9.53 Å². The Labute approximate surface area is 116 Å². The van der Waals surface area contributed by atoms with E-state index in [4.69, 9.17) is 10.5 Å². The van der Waals surface area contributed by atoms with Gasteiger partial charge in [-0.15, -0.1) is 0 Å². The smallest absolute Gasteiger partial charge is 0.241 e. The van der Waals surface area contributed by atoms with Crippen LogP contribution in [0.3, 0.4) is 0 Å². The largest absolute Gasteiger partial charge is 0.377 e. The van der Waals surface area contributed by atoms with E-state index in [0.717, 1.165) is 39.1 Å². The first kappa shape index (κ1) is 14.8. The zero-order valence-corrected chi connectivity index (χ0v) is 12.4. The maximum absolute atomic E-state index is 12.4. The molecule has 2 atom stereocenters. The Kier molecular flexibility index (Phi) is 4.48. The van der Waals surface area contributed by atoms with E-state index in [9.17, 15) is 4.79 Å². The van der Waals surface area contributed by atoms with Crippen LogP contribution in [0.25, 0.3) is 0 Å². The second-order valence-electron chi connectivity index (χ2n) is 6.67. The van der Waals surface area contributed by atoms with Crippen molar-refractivity contribution >= 4 is 5.91 Å². The second kappa shape index (κ2) is 5.77. The highest BCUT2D eigenvalue weighted by Crippen LogP contribution is 2.26. The predicted molar refractivity (Wildman–Crippen MR) is 74.8 cm³/mol. The molecule has 5 heteroatoms. The number of nitrogens with two attached hydrogens (primary N) is 1. The molecule has 0 aromatic rings. The van der Waals surface area contributed by atoms with Crippen LogP contribution in [0.2, 0.25) is 0 Å². The molecule has 2 aliphatic heterocycles. The van der Waals surface area contributed by atoms with Crippen LogP contribution in [0, 0.1) is 5.41 Å². The first-order chi connectivity index (χ1) is 8.93. The Hall–Kier alpha value is -0.650. The van der Waals surface area contributed by atoms with E-state index in [1.807, 2.05) is 11.9 Å². The van der Waals surface area contributed by atoms with Crippen LogP contribution in [0.1, 0.15) is 26.7 Å². The lowest BCUT2D eigenvalue weighted by Gasteiger charge is -2.33. The average Bonchev–Trinajstić information content (AvgIpc) is 2.78. The maximum atomic E-state index is 12.4. The summed E-state index contributed by atoms with van der Waals surface area (Å²) >= 11 is 0. The van der Waals surface area contributed by atoms with Gasteiger partial charge >= 0.3 is 0 Å². The molecule has 2 N–H and O–H groups in total. The normalized spacial score (nSPS) is 32.6. The minimum absolute atomic E-state index is 0.0902. The molecule has 2 saturated heterocycles. The number of rotatable bonds is 3. The monoisotopic (exact) mass is 269 g/mol. The van der Waals surface area contributed by atoms with Crippen molar-refractivity contribution in [2.75, 3.05) is 39.8 Å². The van der Waals surface area contributed by atoms with E-state index < -0.39 is 0 Å². The highest BCUT2D eigenvalue weighted by atomic mass is 16.5. The minimum Gasteiger partial charge on any atom is -0.377 e. The van der Waals surface area contributed by atoms with E-state index in [1.54, 1.807) is 0 Å². The fourth-order valence-electron chi connectivity index (χ4n) is 3.33. The number of carbonyl (C=O) groups is 1. The molecular formula is C14H27N3O2. The highest BCUT2D eigenvalue weighted by molar-refractivity contribution is 5.82. The number of ether oxygens (including phenoxy) is 1. The molecule has 0 aromatic carbocycles. The van der Waals surface area contributed by atoms with Crippen LogP contribution in [-0.4, -0.2) is 67.7 Å². The van der Waals surface area contributed by atoms with Gasteiger partial charge < -0.3 is 15.4 Å². The van der Waals surface area contributed by atoms with Gasteiger partial charge in [0.1, 0.15) is 6.04 Å². The summed E-state index contributed by atoms with van der Waals surface area (Å²) in [6, 6.07) is -0.198. The van der Waals surface area contributed by atoms with Crippen molar-refractivity contribution in [3.63, 3.8) is 0 Å². The number of carbonyl (C=O) groups excluding carboxylic acids is 1. The van der Waals surface area contributed by atoms with Crippen molar-refractivity contribution in [1.29, 1.82) is 0 Å². The maximum Gasteiger partial charge on any atom is 0.241 e. The Morgan fingerprint density at radius 2 is 2.16 bits per heavy atom. The number of hydrogen-bond acceptors (Lipinski definition) is 4. The topological polar surface area (TPSA) is 58.8 Å². The predicted octanol–water partition coefficient (Wildman–Crippen LogP) is 0.293. The molecule has 19 heavy (non-hydrogen) atoms. The van der Waals surface area contributed by atoms with Crippen molar-refractivity contribution in [3.8, 4) is 0 Å². The van der Waals surface area contributed by atoms with Crippen LogP contribution in [0.4, 0.5) is 0 Å². The Morgan fingerprint density at radius 1 is 1.42 bits per heavy atom. The molecule has 5 nitrogen and oxygen atoms in total. The van der Waals surface area contributed by atoms with E-state index >= 15 is 0 Å². The molecular weight excluding hydrogens is 242 g/mol. The molecule has 2 unspecified atom stereocenters. The quantitative estimate of drug-likeness (QED) is 0.800. The molecule has 0 bridgehead atoms. The summed E-state index contributed by atoms with van der Waals surface area (Å²) in [5, 5.41) is 0. The molecule has 2 aliphatic rings. The van der Waals surface area contributed by atoms with Gasteiger partial charge in [-0.05, 0) is 18.3 Å². The zero-order chi connectivity index (χ0) is 14.0. The van der Waals surface area contributed by atoms with Crippen LogP contribution >= 0.6 is 0 Å². The van der Waals surface area contributed by atoms with Crippen molar-refractivity contribution in [2.24, 2.45) is 11.1 Å². The molecule has 0 aromatic heterocycles. The fraction of sp³-hybridized carbons (Fsp3) is 0.929. The lowest BCUT2D eigenvalue weighted by molar-refractivity contribution is -0.134. The minimum atomic E-state index is -0.198. The first-order valence-corrected chi connectivity index (χ1v) is 7.23. The van der Waals surface area contributed by atoms with Crippen LogP contribution < -0.4 is 5.73 Å². The number of likely N-dealkylation sites (N-methyl/N-ethyl adjacent to an activating group) is 1. The summed E-state index contributed by atoms with van der Waals surface area (Å²) in [6.07, 6.45) is 2.49. The van der Waals surface area contributed by atoms with Crippen molar-refractivity contribution < 1.29 is 9.53 Å². The van der Waals surface area contributed by atoms with Gasteiger partial charge in [0.2, 0.25) is 5.91 Å². The van der Waals surface area contributed by atoms with Crippen molar-refractivity contribution in [2.45, 2.75) is 38.8 Å². The van der Waals surface area contributed by atoms with Gasteiger partial charge in [0.05, 0.1) is 6.10 Å². The first-order valence-electron chi connectivity index (χ1n) is 7.23. The Bertz CT molecular complexity index is 327. The van der Waals surface area contributed by atoms with E-state index in [-0.39, 0.29) is 23.5 Å². The summed E-state index contributed by atoms with van der Waals surface area (Å²) in [7, 11) is 1.88. The highest BCUT2D eigenvalue weighted by Gasteiger charge is 2.38. The summed E-state index contributed by atoms with van der Waals surface area (Å²) in [4.78, 5) is 16.5. The van der Waals surface area contributed by atoms with Gasteiger partial charge in [-0.3, -0.25) is 9.69 Å². The SMILES string of the molecule is CN1CC(C)(C)CN(CC2CCCO2)C(CN)C1=O. The summed E-state index contributed by atoms with van der Waals surface area (Å²) in [6.45, 7) is 8.14. The number of amides is 1. The van der Waals surface area contributed by atoms with E-state index in [0.29, 0.717) is 6.54 Å². The van der Waals surface area contributed by atoms with Gasteiger partial charge in [0.25, 0.3) is 0 Å². The Balaban J connectivity index is 2.13. The van der Waals surface area contributed by atoms with Gasteiger partial charge in [0, 0.05) is 39.8 Å². The lowest BCUT2D eigenvalue weighted by Crippen LogP contribution is -2.51. The average molecular weight is 269 g/mol. The van der Waals surface area contributed by atoms with Crippen molar-refractivity contribution in [1.82, 2.24) is 9.80 Å². The molecule has 110 valence electrons. The zero-order valence-electron chi connectivity index (χ0n) is 12.4. The lowest BCUT2D eigenvalue weighted by atomic mass is 9.92.